The lowest BCUT2D eigenvalue weighted by molar-refractivity contribution is 0.415. The number of benzene rings is 2. The van der Waals surface area contributed by atoms with Crippen LogP contribution in [0.1, 0.15) is 0 Å². The molecule has 3 aromatic rings. The summed E-state index contributed by atoms with van der Waals surface area (Å²) in [4.78, 5) is 4.72. The van der Waals surface area contributed by atoms with E-state index in [1.54, 1.807) is 7.11 Å². The molecular formula is C18H19Cl2N3O. The number of rotatable bonds is 7. The monoisotopic (exact) mass is 363 g/mol. The molecule has 0 spiro atoms. The molecule has 0 fully saturated rings. The molecule has 0 saturated heterocycles. The first kappa shape index (κ1) is 17.1. The number of pyridine rings is 1. The van der Waals surface area contributed by atoms with E-state index in [2.05, 4.69) is 10.6 Å². The van der Waals surface area contributed by atoms with Crippen LogP contribution < -0.4 is 15.4 Å². The van der Waals surface area contributed by atoms with Crippen LogP contribution in [0.4, 0.5) is 5.69 Å². The third-order valence-electron chi connectivity index (χ3n) is 3.82. The fourth-order valence-corrected chi connectivity index (χ4v) is 2.98. The molecule has 0 aliphatic carbocycles. The van der Waals surface area contributed by atoms with Gasteiger partial charge in [-0.2, -0.15) is 0 Å². The minimum absolute atomic E-state index is 0.608. The predicted octanol–water partition coefficient (Wildman–Crippen LogP) is 4.29. The van der Waals surface area contributed by atoms with Gasteiger partial charge in [-0.15, -0.1) is 11.6 Å². The highest BCUT2D eigenvalue weighted by Crippen LogP contribution is 2.33. The van der Waals surface area contributed by atoms with Crippen molar-refractivity contribution in [3.8, 4) is 5.75 Å². The number of fused-ring (bicyclic) bond motifs is 2. The second kappa shape index (κ2) is 7.88. The van der Waals surface area contributed by atoms with Crippen LogP contribution in [0.15, 0.2) is 36.4 Å². The highest BCUT2D eigenvalue weighted by atomic mass is 35.5. The van der Waals surface area contributed by atoms with E-state index in [-0.39, 0.29) is 0 Å². The maximum Gasteiger partial charge on any atom is 0.119 e. The number of halogens is 2. The van der Waals surface area contributed by atoms with Gasteiger partial charge in [0, 0.05) is 41.3 Å². The summed E-state index contributed by atoms with van der Waals surface area (Å²) in [6.07, 6.45) is 0. The molecular weight excluding hydrogens is 345 g/mol. The van der Waals surface area contributed by atoms with Gasteiger partial charge in [0.15, 0.2) is 0 Å². The van der Waals surface area contributed by atoms with Crippen molar-refractivity contribution < 1.29 is 4.74 Å². The van der Waals surface area contributed by atoms with Gasteiger partial charge in [0.05, 0.1) is 23.8 Å². The van der Waals surface area contributed by atoms with Crippen LogP contribution in [-0.2, 0) is 0 Å². The van der Waals surface area contributed by atoms with Gasteiger partial charge in [-0.1, -0.05) is 11.6 Å². The highest BCUT2D eigenvalue weighted by Gasteiger charge is 2.10. The zero-order chi connectivity index (χ0) is 16.9. The van der Waals surface area contributed by atoms with Gasteiger partial charge >= 0.3 is 0 Å². The lowest BCUT2D eigenvalue weighted by atomic mass is 10.1. The average molecular weight is 364 g/mol. The molecule has 6 heteroatoms. The highest BCUT2D eigenvalue weighted by molar-refractivity contribution is 6.31. The van der Waals surface area contributed by atoms with Crippen molar-refractivity contribution in [1.82, 2.24) is 10.3 Å². The Hall–Kier alpha value is -1.75. The van der Waals surface area contributed by atoms with Crippen LogP contribution in [0.25, 0.3) is 21.8 Å². The molecule has 4 nitrogen and oxygen atoms in total. The SMILES string of the molecule is COc1ccc2nc3cc(Cl)ccc3c(NCCNCCCl)c2c1. The number of ether oxygens (including phenoxy) is 1. The van der Waals surface area contributed by atoms with Crippen LogP contribution in [0.5, 0.6) is 5.75 Å². The molecule has 0 aliphatic heterocycles. The van der Waals surface area contributed by atoms with E-state index in [0.29, 0.717) is 10.9 Å². The van der Waals surface area contributed by atoms with Crippen LogP contribution in [0.3, 0.4) is 0 Å². The molecule has 1 heterocycles. The molecule has 0 unspecified atom stereocenters. The van der Waals surface area contributed by atoms with Crippen molar-refractivity contribution in [2.45, 2.75) is 0 Å². The third kappa shape index (κ3) is 3.66. The number of hydrogen-bond donors (Lipinski definition) is 2. The van der Waals surface area contributed by atoms with Gasteiger partial charge < -0.3 is 15.4 Å². The Balaban J connectivity index is 2.05. The summed E-state index contributed by atoms with van der Waals surface area (Å²) in [7, 11) is 1.67. The molecule has 0 radical (unpaired) electrons. The first-order valence-electron chi connectivity index (χ1n) is 7.80. The van der Waals surface area contributed by atoms with E-state index in [1.165, 1.54) is 0 Å². The van der Waals surface area contributed by atoms with Crippen molar-refractivity contribution >= 4 is 50.7 Å². The van der Waals surface area contributed by atoms with Gasteiger partial charge in [-0.25, -0.2) is 4.98 Å². The Bertz CT molecular complexity index is 854. The molecule has 3 rings (SSSR count). The van der Waals surface area contributed by atoms with E-state index >= 15 is 0 Å². The minimum Gasteiger partial charge on any atom is -0.497 e. The van der Waals surface area contributed by atoms with Crippen molar-refractivity contribution in [2.75, 3.05) is 37.9 Å². The molecule has 0 bridgehead atoms. The van der Waals surface area contributed by atoms with E-state index < -0.39 is 0 Å². The largest absolute Gasteiger partial charge is 0.497 e. The summed E-state index contributed by atoms with van der Waals surface area (Å²) in [5.74, 6) is 1.41. The zero-order valence-corrected chi connectivity index (χ0v) is 14.9. The van der Waals surface area contributed by atoms with Crippen molar-refractivity contribution in [1.29, 1.82) is 0 Å². The number of hydrogen-bond acceptors (Lipinski definition) is 4. The summed E-state index contributed by atoms with van der Waals surface area (Å²) in [5, 5.41) is 9.54. The summed E-state index contributed by atoms with van der Waals surface area (Å²) in [5.41, 5.74) is 2.82. The summed E-state index contributed by atoms with van der Waals surface area (Å²) in [6, 6.07) is 11.7. The Labute approximate surface area is 151 Å². The normalized spacial score (nSPS) is 11.1. The maximum absolute atomic E-state index is 6.13. The molecule has 0 amide bonds. The van der Waals surface area contributed by atoms with E-state index in [4.69, 9.17) is 32.9 Å². The average Bonchev–Trinajstić information content (AvgIpc) is 2.60. The molecule has 0 aliphatic rings. The maximum atomic E-state index is 6.13. The molecule has 126 valence electrons. The lowest BCUT2D eigenvalue weighted by Gasteiger charge is -2.14. The van der Waals surface area contributed by atoms with Gasteiger partial charge in [0.25, 0.3) is 0 Å². The van der Waals surface area contributed by atoms with Crippen LogP contribution in [0.2, 0.25) is 5.02 Å². The quantitative estimate of drug-likeness (QED) is 0.373. The Morgan fingerprint density at radius 3 is 2.67 bits per heavy atom. The molecule has 0 saturated carbocycles. The lowest BCUT2D eigenvalue weighted by Crippen LogP contribution is -2.24. The number of nitrogens with one attached hydrogen (secondary N) is 2. The summed E-state index contributed by atoms with van der Waals surface area (Å²) < 4.78 is 5.36. The Kier molecular flexibility index (Phi) is 5.61. The van der Waals surface area contributed by atoms with Gasteiger partial charge in [-0.05, 0) is 36.4 Å². The second-order valence-electron chi connectivity index (χ2n) is 5.40. The van der Waals surface area contributed by atoms with Gasteiger partial charge in [0.2, 0.25) is 0 Å². The van der Waals surface area contributed by atoms with Crippen molar-refractivity contribution in [3.63, 3.8) is 0 Å². The number of methoxy groups -OCH3 is 1. The molecule has 2 N–H and O–H groups in total. The second-order valence-corrected chi connectivity index (χ2v) is 6.21. The van der Waals surface area contributed by atoms with Crippen LogP contribution >= 0.6 is 23.2 Å². The number of nitrogens with zero attached hydrogens (tertiary/aromatic N) is 1. The first-order chi connectivity index (χ1) is 11.7. The number of aromatic nitrogens is 1. The Morgan fingerprint density at radius 1 is 1.00 bits per heavy atom. The van der Waals surface area contributed by atoms with Crippen LogP contribution in [0, 0.1) is 0 Å². The summed E-state index contributed by atoms with van der Waals surface area (Å²) >= 11 is 11.8. The van der Waals surface area contributed by atoms with Gasteiger partial charge in [0.1, 0.15) is 5.75 Å². The van der Waals surface area contributed by atoms with E-state index in [9.17, 15) is 0 Å². The fraction of sp³-hybridized carbons (Fsp3) is 0.278. The van der Waals surface area contributed by atoms with Crippen molar-refractivity contribution in [3.05, 3.63) is 41.4 Å². The standard InChI is InChI=1S/C18H19Cl2N3O/c1-24-13-3-5-16-15(11-13)18(22-9-8-21-7-6-19)14-4-2-12(20)10-17(14)23-16/h2-5,10-11,21H,6-9H2,1H3,(H,22,23). The number of anilines is 1. The number of alkyl halides is 1. The van der Waals surface area contributed by atoms with Crippen molar-refractivity contribution in [2.24, 2.45) is 0 Å². The van der Waals surface area contributed by atoms with Gasteiger partial charge in [-0.3, -0.25) is 0 Å². The molecule has 0 atom stereocenters. The summed E-state index contributed by atoms with van der Waals surface area (Å²) in [6.45, 7) is 2.41. The topological polar surface area (TPSA) is 46.2 Å². The zero-order valence-electron chi connectivity index (χ0n) is 13.4. The van der Waals surface area contributed by atoms with Crippen LogP contribution in [-0.4, -0.2) is 37.6 Å². The van der Waals surface area contributed by atoms with E-state index in [0.717, 1.165) is 52.9 Å². The predicted molar refractivity (Wildman–Crippen MR) is 103 cm³/mol. The third-order valence-corrected chi connectivity index (χ3v) is 4.24. The minimum atomic E-state index is 0.608. The first-order valence-corrected chi connectivity index (χ1v) is 8.72. The molecule has 24 heavy (non-hydrogen) atoms. The fourth-order valence-electron chi connectivity index (χ4n) is 2.68. The molecule has 1 aromatic heterocycles. The Morgan fingerprint density at radius 2 is 1.88 bits per heavy atom. The molecule has 2 aromatic carbocycles. The van der Waals surface area contributed by atoms with E-state index in [1.807, 2.05) is 36.4 Å². The smallest absolute Gasteiger partial charge is 0.119 e.